The summed E-state index contributed by atoms with van der Waals surface area (Å²) in [6, 6.07) is 4.51. The van der Waals surface area contributed by atoms with Crippen molar-refractivity contribution in [3.63, 3.8) is 0 Å². The molecule has 1 aromatic carbocycles. The highest BCUT2D eigenvalue weighted by atomic mass is 16.5. The zero-order chi connectivity index (χ0) is 15.1. The summed E-state index contributed by atoms with van der Waals surface area (Å²) >= 11 is 0. The van der Waals surface area contributed by atoms with Crippen molar-refractivity contribution < 1.29 is 24.2 Å². The SMILES string of the molecule is CCOC(=O)c1ccc(C(=O)CC)cc1/C=C/C(=O)O. The van der Waals surface area contributed by atoms with Gasteiger partial charge in [-0.05, 0) is 30.7 Å². The lowest BCUT2D eigenvalue weighted by Crippen LogP contribution is -2.08. The van der Waals surface area contributed by atoms with Gasteiger partial charge >= 0.3 is 11.9 Å². The zero-order valence-electron chi connectivity index (χ0n) is 11.4. The van der Waals surface area contributed by atoms with Crippen molar-refractivity contribution in [1.82, 2.24) is 0 Å². The molecule has 0 radical (unpaired) electrons. The Hall–Kier alpha value is -2.43. The average Bonchev–Trinajstić information content (AvgIpc) is 2.44. The van der Waals surface area contributed by atoms with Crippen molar-refractivity contribution in [2.45, 2.75) is 20.3 Å². The van der Waals surface area contributed by atoms with Gasteiger partial charge in [0.05, 0.1) is 12.2 Å². The van der Waals surface area contributed by atoms with Gasteiger partial charge in [0.2, 0.25) is 0 Å². The van der Waals surface area contributed by atoms with Crippen LogP contribution in [0.4, 0.5) is 0 Å². The Balaban J connectivity index is 3.26. The molecule has 0 aliphatic carbocycles. The normalized spacial score (nSPS) is 10.5. The van der Waals surface area contributed by atoms with Crippen molar-refractivity contribution in [3.05, 3.63) is 41.0 Å². The number of ether oxygens (including phenoxy) is 1. The van der Waals surface area contributed by atoms with Crippen molar-refractivity contribution in [3.8, 4) is 0 Å². The highest BCUT2D eigenvalue weighted by molar-refractivity contribution is 6.00. The van der Waals surface area contributed by atoms with E-state index < -0.39 is 11.9 Å². The van der Waals surface area contributed by atoms with E-state index >= 15 is 0 Å². The minimum absolute atomic E-state index is 0.0783. The molecular formula is C15H16O5. The van der Waals surface area contributed by atoms with Crippen molar-refractivity contribution >= 4 is 23.8 Å². The molecule has 0 aromatic heterocycles. The average molecular weight is 276 g/mol. The largest absolute Gasteiger partial charge is 0.478 e. The second-order valence-electron chi connectivity index (χ2n) is 3.97. The van der Waals surface area contributed by atoms with E-state index in [0.717, 1.165) is 6.08 Å². The Kier molecular flexibility index (Phi) is 5.65. The van der Waals surface area contributed by atoms with Crippen LogP contribution in [0.15, 0.2) is 24.3 Å². The maximum absolute atomic E-state index is 11.8. The first-order valence-corrected chi connectivity index (χ1v) is 6.25. The molecular weight excluding hydrogens is 260 g/mol. The molecule has 0 saturated heterocycles. The fourth-order valence-corrected chi connectivity index (χ4v) is 1.63. The Bertz CT molecular complexity index is 557. The highest BCUT2D eigenvalue weighted by Gasteiger charge is 2.13. The number of rotatable bonds is 6. The van der Waals surface area contributed by atoms with Crippen molar-refractivity contribution in [1.29, 1.82) is 0 Å². The van der Waals surface area contributed by atoms with Crippen LogP contribution < -0.4 is 0 Å². The van der Waals surface area contributed by atoms with Crippen LogP contribution in [0, 0.1) is 0 Å². The van der Waals surface area contributed by atoms with E-state index in [0.29, 0.717) is 17.5 Å². The highest BCUT2D eigenvalue weighted by Crippen LogP contribution is 2.17. The molecule has 1 rings (SSSR count). The molecule has 0 atom stereocenters. The molecule has 0 fully saturated rings. The van der Waals surface area contributed by atoms with E-state index in [9.17, 15) is 14.4 Å². The lowest BCUT2D eigenvalue weighted by atomic mass is 10.00. The fourth-order valence-electron chi connectivity index (χ4n) is 1.63. The minimum atomic E-state index is -1.13. The molecule has 0 spiro atoms. The third-order valence-electron chi connectivity index (χ3n) is 2.60. The summed E-state index contributed by atoms with van der Waals surface area (Å²) in [6.07, 6.45) is 2.53. The molecule has 106 valence electrons. The lowest BCUT2D eigenvalue weighted by Gasteiger charge is -2.07. The molecule has 0 heterocycles. The minimum Gasteiger partial charge on any atom is -0.478 e. The van der Waals surface area contributed by atoms with Crippen LogP contribution in [0.25, 0.3) is 6.08 Å². The van der Waals surface area contributed by atoms with Crippen molar-refractivity contribution in [2.75, 3.05) is 6.61 Å². The Labute approximate surface area is 116 Å². The van der Waals surface area contributed by atoms with E-state index in [-0.39, 0.29) is 18.0 Å². The van der Waals surface area contributed by atoms with Gasteiger partial charge in [0.1, 0.15) is 0 Å². The van der Waals surface area contributed by atoms with Gasteiger partial charge in [0, 0.05) is 18.1 Å². The summed E-state index contributed by atoms with van der Waals surface area (Å²) in [5.41, 5.74) is 1.02. The van der Waals surface area contributed by atoms with Gasteiger partial charge in [-0.1, -0.05) is 13.0 Å². The first-order chi connectivity index (χ1) is 9.49. The summed E-state index contributed by atoms with van der Waals surface area (Å²) in [5.74, 6) is -1.76. The topological polar surface area (TPSA) is 80.7 Å². The smallest absolute Gasteiger partial charge is 0.338 e. The quantitative estimate of drug-likeness (QED) is 0.490. The van der Waals surface area contributed by atoms with Crippen LogP contribution in [0.3, 0.4) is 0 Å². The molecule has 20 heavy (non-hydrogen) atoms. The standard InChI is InChI=1S/C15H16O5/c1-3-13(16)11-5-7-12(15(19)20-4-2)10(9-11)6-8-14(17)18/h5-9H,3-4H2,1-2H3,(H,17,18)/b8-6+. The van der Waals surface area contributed by atoms with E-state index in [2.05, 4.69) is 0 Å². The van der Waals surface area contributed by atoms with Gasteiger partial charge in [-0.3, -0.25) is 4.79 Å². The Morgan fingerprint density at radius 2 is 1.95 bits per heavy atom. The van der Waals surface area contributed by atoms with Crippen LogP contribution in [0.2, 0.25) is 0 Å². The number of ketones is 1. The lowest BCUT2D eigenvalue weighted by molar-refractivity contribution is -0.131. The van der Waals surface area contributed by atoms with Crippen LogP contribution in [0.1, 0.15) is 46.5 Å². The fraction of sp³-hybridized carbons (Fsp3) is 0.267. The first-order valence-electron chi connectivity index (χ1n) is 6.25. The number of aliphatic carboxylic acids is 1. The summed E-state index contributed by atoms with van der Waals surface area (Å²) < 4.78 is 4.90. The molecule has 0 aliphatic rings. The first kappa shape index (κ1) is 15.6. The number of hydrogen-bond acceptors (Lipinski definition) is 4. The monoisotopic (exact) mass is 276 g/mol. The molecule has 1 aromatic rings. The predicted octanol–water partition coefficient (Wildman–Crippen LogP) is 2.55. The Morgan fingerprint density at radius 3 is 2.50 bits per heavy atom. The number of carbonyl (C=O) groups excluding carboxylic acids is 2. The maximum Gasteiger partial charge on any atom is 0.338 e. The second-order valence-corrected chi connectivity index (χ2v) is 3.97. The van der Waals surface area contributed by atoms with E-state index in [1.165, 1.54) is 24.3 Å². The van der Waals surface area contributed by atoms with E-state index in [4.69, 9.17) is 9.84 Å². The zero-order valence-corrected chi connectivity index (χ0v) is 11.4. The van der Waals surface area contributed by atoms with Gasteiger partial charge in [0.15, 0.2) is 5.78 Å². The molecule has 0 unspecified atom stereocenters. The van der Waals surface area contributed by atoms with Crippen LogP contribution in [0.5, 0.6) is 0 Å². The van der Waals surface area contributed by atoms with Gasteiger partial charge in [-0.15, -0.1) is 0 Å². The molecule has 5 nitrogen and oxygen atoms in total. The summed E-state index contributed by atoms with van der Waals surface area (Å²) in [6.45, 7) is 3.63. The Morgan fingerprint density at radius 1 is 1.25 bits per heavy atom. The van der Waals surface area contributed by atoms with Crippen LogP contribution >= 0.6 is 0 Å². The number of carboxylic acid groups (broad SMARTS) is 1. The maximum atomic E-state index is 11.8. The third-order valence-corrected chi connectivity index (χ3v) is 2.60. The molecule has 0 saturated carbocycles. The molecule has 0 bridgehead atoms. The van der Waals surface area contributed by atoms with E-state index in [1.54, 1.807) is 13.8 Å². The summed E-state index contributed by atoms with van der Waals surface area (Å²) in [4.78, 5) is 34.0. The van der Waals surface area contributed by atoms with Gasteiger partial charge in [-0.25, -0.2) is 9.59 Å². The van der Waals surface area contributed by atoms with Crippen LogP contribution in [-0.4, -0.2) is 29.4 Å². The van der Waals surface area contributed by atoms with Gasteiger partial charge in [-0.2, -0.15) is 0 Å². The van der Waals surface area contributed by atoms with Gasteiger partial charge in [0.25, 0.3) is 0 Å². The third kappa shape index (κ3) is 4.05. The number of Topliss-reactive ketones (excluding diaryl/α,β-unsaturated/α-hetero) is 1. The van der Waals surface area contributed by atoms with Crippen molar-refractivity contribution in [2.24, 2.45) is 0 Å². The number of benzene rings is 1. The number of carboxylic acids is 1. The number of carbonyl (C=O) groups is 3. The van der Waals surface area contributed by atoms with Crippen LogP contribution in [-0.2, 0) is 9.53 Å². The molecule has 0 aliphatic heterocycles. The predicted molar refractivity (Wildman–Crippen MR) is 73.7 cm³/mol. The molecule has 5 heteroatoms. The number of hydrogen-bond donors (Lipinski definition) is 1. The summed E-state index contributed by atoms with van der Waals surface area (Å²) in [7, 11) is 0. The van der Waals surface area contributed by atoms with E-state index in [1.807, 2.05) is 0 Å². The molecule has 0 amide bonds. The van der Waals surface area contributed by atoms with Gasteiger partial charge < -0.3 is 9.84 Å². The molecule has 1 N–H and O–H groups in total. The number of esters is 1. The second kappa shape index (κ2) is 7.23. The summed E-state index contributed by atoms with van der Waals surface area (Å²) in [5, 5.41) is 8.66.